The van der Waals surface area contributed by atoms with Crippen molar-refractivity contribution in [3.05, 3.63) is 101 Å². The van der Waals surface area contributed by atoms with Crippen molar-refractivity contribution in [2.24, 2.45) is 0 Å². The molecule has 0 heterocycles. The molecule has 0 aliphatic carbocycles. The van der Waals surface area contributed by atoms with Crippen LogP contribution < -0.4 is 9.47 Å². The van der Waals surface area contributed by atoms with Crippen molar-refractivity contribution < 1.29 is 33.7 Å². The van der Waals surface area contributed by atoms with E-state index < -0.39 is 5.97 Å². The van der Waals surface area contributed by atoms with Crippen LogP contribution in [-0.4, -0.2) is 42.8 Å². The smallest absolute Gasteiger partial charge is 0.337 e. The van der Waals surface area contributed by atoms with Gasteiger partial charge in [0.05, 0.1) is 25.5 Å². The van der Waals surface area contributed by atoms with E-state index in [1.807, 2.05) is 36.4 Å². The number of carboxylic acids is 1. The first-order valence-corrected chi connectivity index (χ1v) is 12.1. The van der Waals surface area contributed by atoms with Crippen LogP contribution in [0.3, 0.4) is 0 Å². The van der Waals surface area contributed by atoms with Crippen LogP contribution >= 0.6 is 11.8 Å². The van der Waals surface area contributed by atoms with Crippen molar-refractivity contribution in [1.82, 2.24) is 0 Å². The first kappa shape index (κ1) is 26.6. The third-order valence-electron chi connectivity index (χ3n) is 5.14. The van der Waals surface area contributed by atoms with Gasteiger partial charge in [-0.2, -0.15) is 0 Å². The maximum atomic E-state index is 12.7. The number of carbonyl (C=O) groups excluding carboxylic acids is 2. The summed E-state index contributed by atoms with van der Waals surface area (Å²) >= 11 is 1.24. The van der Waals surface area contributed by atoms with Crippen LogP contribution in [0.4, 0.5) is 0 Å². The quantitative estimate of drug-likeness (QED) is 0.201. The Hall–Kier alpha value is -4.04. The number of allylic oxidation sites excluding steroid dienone is 1. The molecule has 3 aromatic carbocycles. The summed E-state index contributed by atoms with van der Waals surface area (Å²) in [6.45, 7) is 0.347. The van der Waals surface area contributed by atoms with Gasteiger partial charge in [-0.05, 0) is 59.7 Å². The van der Waals surface area contributed by atoms with Gasteiger partial charge in [-0.3, -0.25) is 9.59 Å². The number of carbonyl (C=O) groups is 3. The largest absolute Gasteiger partial charge is 0.496 e. The number of ketones is 1. The number of hydrogen-bond donors (Lipinski definition) is 1. The van der Waals surface area contributed by atoms with E-state index in [9.17, 15) is 14.4 Å². The van der Waals surface area contributed by atoms with Gasteiger partial charge in [0, 0.05) is 16.9 Å². The highest BCUT2D eigenvalue weighted by Gasteiger charge is 2.10. The minimum Gasteiger partial charge on any atom is -0.496 e. The van der Waals surface area contributed by atoms with E-state index in [-0.39, 0.29) is 17.5 Å². The Morgan fingerprint density at radius 1 is 0.917 bits per heavy atom. The lowest BCUT2D eigenvalue weighted by Gasteiger charge is -2.09. The Bertz CT molecular complexity index is 1230. The molecule has 0 bridgehead atoms. The van der Waals surface area contributed by atoms with Crippen molar-refractivity contribution in [1.29, 1.82) is 0 Å². The Kier molecular flexibility index (Phi) is 9.71. The molecule has 1 N–H and O–H groups in total. The number of ether oxygens (including phenoxy) is 3. The fourth-order valence-electron chi connectivity index (χ4n) is 3.26. The molecule has 0 fully saturated rings. The van der Waals surface area contributed by atoms with Gasteiger partial charge in [0.1, 0.15) is 18.1 Å². The summed E-state index contributed by atoms with van der Waals surface area (Å²) in [5.74, 6) is 0.252. The minimum absolute atomic E-state index is 0.0252. The van der Waals surface area contributed by atoms with Crippen molar-refractivity contribution in [2.45, 2.75) is 12.4 Å². The second-order valence-corrected chi connectivity index (χ2v) is 8.64. The molecule has 0 saturated carbocycles. The van der Waals surface area contributed by atoms with Crippen LogP contribution in [0.5, 0.6) is 11.5 Å². The number of methoxy groups -OCH3 is 2. The molecular weight excluding hydrogens is 480 g/mol. The fourth-order valence-corrected chi connectivity index (χ4v) is 3.98. The summed E-state index contributed by atoms with van der Waals surface area (Å²) in [5.41, 5.74) is 3.50. The molecule has 0 saturated heterocycles. The van der Waals surface area contributed by atoms with E-state index in [4.69, 9.17) is 19.3 Å². The van der Waals surface area contributed by atoms with Crippen LogP contribution in [-0.2, 0) is 21.9 Å². The highest BCUT2D eigenvalue weighted by Crippen LogP contribution is 2.25. The topological polar surface area (TPSA) is 99.1 Å². The van der Waals surface area contributed by atoms with Crippen LogP contribution in [0.2, 0.25) is 0 Å². The predicted molar refractivity (Wildman–Crippen MR) is 139 cm³/mol. The fraction of sp³-hybridized carbons (Fsp3) is 0.179. The molecule has 36 heavy (non-hydrogen) atoms. The van der Waals surface area contributed by atoms with Gasteiger partial charge in [-0.25, -0.2) is 4.79 Å². The molecule has 0 atom stereocenters. The SMILES string of the molecule is COC(=O)c1ccc(COc2ccc(C=CC(=O)c3ccc(OC)c(CSCC(=O)O)c3)cc2)cc1. The van der Waals surface area contributed by atoms with E-state index in [2.05, 4.69) is 0 Å². The summed E-state index contributed by atoms with van der Waals surface area (Å²) in [7, 11) is 2.88. The average Bonchev–Trinajstić information content (AvgIpc) is 2.90. The van der Waals surface area contributed by atoms with E-state index in [0.29, 0.717) is 35.0 Å². The van der Waals surface area contributed by atoms with Gasteiger partial charge in [-0.1, -0.05) is 30.3 Å². The molecule has 0 radical (unpaired) electrons. The number of hydrogen-bond acceptors (Lipinski definition) is 7. The predicted octanol–water partition coefficient (Wildman–Crippen LogP) is 5.27. The Morgan fingerprint density at radius 3 is 2.25 bits per heavy atom. The lowest BCUT2D eigenvalue weighted by molar-refractivity contribution is -0.133. The molecule has 7 nitrogen and oxygen atoms in total. The number of benzene rings is 3. The Balaban J connectivity index is 1.57. The maximum absolute atomic E-state index is 12.7. The third kappa shape index (κ3) is 7.74. The minimum atomic E-state index is -0.889. The molecule has 0 aromatic heterocycles. The highest BCUT2D eigenvalue weighted by atomic mass is 32.2. The molecule has 0 aliphatic rings. The van der Waals surface area contributed by atoms with Crippen molar-refractivity contribution in [3.63, 3.8) is 0 Å². The van der Waals surface area contributed by atoms with Crippen molar-refractivity contribution in [2.75, 3.05) is 20.0 Å². The van der Waals surface area contributed by atoms with Crippen LogP contribution in [0.1, 0.15) is 37.4 Å². The van der Waals surface area contributed by atoms with Crippen LogP contribution in [0, 0.1) is 0 Å². The van der Waals surface area contributed by atoms with Gasteiger partial charge in [0.15, 0.2) is 5.78 Å². The van der Waals surface area contributed by atoms with E-state index in [1.165, 1.54) is 32.1 Å². The van der Waals surface area contributed by atoms with E-state index >= 15 is 0 Å². The van der Waals surface area contributed by atoms with Gasteiger partial charge >= 0.3 is 11.9 Å². The number of thioether (sulfide) groups is 1. The zero-order chi connectivity index (χ0) is 25.9. The Morgan fingerprint density at radius 2 is 1.61 bits per heavy atom. The molecule has 0 spiro atoms. The van der Waals surface area contributed by atoms with Gasteiger partial charge in [0.2, 0.25) is 0 Å². The molecule has 3 rings (SSSR count). The molecule has 0 unspecified atom stereocenters. The van der Waals surface area contributed by atoms with Crippen LogP contribution in [0.25, 0.3) is 6.08 Å². The lowest BCUT2D eigenvalue weighted by Crippen LogP contribution is -2.02. The first-order chi connectivity index (χ1) is 17.4. The number of rotatable bonds is 12. The third-order valence-corrected chi connectivity index (χ3v) is 6.10. The van der Waals surface area contributed by atoms with Gasteiger partial charge in [0.25, 0.3) is 0 Å². The number of carboxylic acid groups (broad SMARTS) is 1. The Labute approximate surface area is 213 Å². The lowest BCUT2D eigenvalue weighted by atomic mass is 10.1. The zero-order valence-corrected chi connectivity index (χ0v) is 20.7. The molecule has 0 amide bonds. The molecule has 8 heteroatoms. The number of aliphatic carboxylic acids is 1. The molecule has 3 aromatic rings. The second-order valence-electron chi connectivity index (χ2n) is 7.66. The standard InChI is InChI=1S/C28H26O7S/c1-33-26-14-10-22(15-23(26)17-36-18-27(30)31)25(29)13-7-19-5-11-24(12-6-19)35-16-20-3-8-21(9-4-20)28(32)34-2/h3-15H,16-18H2,1-2H3,(H,30,31). The summed E-state index contributed by atoms with van der Waals surface area (Å²) < 4.78 is 15.8. The number of esters is 1. The van der Waals surface area contributed by atoms with Crippen molar-refractivity contribution in [3.8, 4) is 11.5 Å². The van der Waals surface area contributed by atoms with E-state index in [1.54, 1.807) is 36.4 Å². The summed E-state index contributed by atoms with van der Waals surface area (Å²) in [4.78, 5) is 35.0. The normalized spacial score (nSPS) is 10.7. The van der Waals surface area contributed by atoms with Gasteiger partial charge < -0.3 is 19.3 Å². The monoisotopic (exact) mass is 506 g/mol. The molecule has 186 valence electrons. The van der Waals surface area contributed by atoms with Crippen LogP contribution in [0.15, 0.2) is 72.8 Å². The van der Waals surface area contributed by atoms with Gasteiger partial charge in [-0.15, -0.1) is 11.8 Å². The zero-order valence-electron chi connectivity index (χ0n) is 19.9. The summed E-state index contributed by atoms with van der Waals surface area (Å²) in [6, 6.07) is 19.5. The summed E-state index contributed by atoms with van der Waals surface area (Å²) in [6.07, 6.45) is 3.22. The second kappa shape index (κ2) is 13.2. The van der Waals surface area contributed by atoms with Crippen molar-refractivity contribution >= 4 is 35.6 Å². The molecule has 0 aliphatic heterocycles. The highest BCUT2D eigenvalue weighted by molar-refractivity contribution is 7.99. The molecular formula is C28H26O7S. The summed E-state index contributed by atoms with van der Waals surface area (Å²) in [5, 5.41) is 8.83. The maximum Gasteiger partial charge on any atom is 0.337 e. The first-order valence-electron chi connectivity index (χ1n) is 11.0. The van der Waals surface area contributed by atoms with E-state index in [0.717, 1.165) is 16.7 Å². The average molecular weight is 507 g/mol.